The van der Waals surface area contributed by atoms with E-state index in [1.165, 1.54) is 5.56 Å². The Morgan fingerprint density at radius 3 is 2.53 bits per heavy atom. The van der Waals surface area contributed by atoms with Gasteiger partial charge in [0.25, 0.3) is 0 Å². The van der Waals surface area contributed by atoms with Crippen molar-refractivity contribution in [1.82, 2.24) is 4.90 Å². The highest BCUT2D eigenvalue weighted by molar-refractivity contribution is 5.67. The standard InChI is InChI=1S/C14H19NO2/c1-2-17-14(16)15-10-8-13(9-11-15)12-6-4-3-5-7-12/h3-7,13H,2,8-11H2,1H3. The zero-order chi connectivity index (χ0) is 12.1. The Morgan fingerprint density at radius 1 is 1.29 bits per heavy atom. The summed E-state index contributed by atoms with van der Waals surface area (Å²) in [7, 11) is 0. The highest BCUT2D eigenvalue weighted by Crippen LogP contribution is 2.27. The fourth-order valence-electron chi connectivity index (χ4n) is 2.34. The summed E-state index contributed by atoms with van der Waals surface area (Å²) in [4.78, 5) is 13.4. The molecule has 1 aliphatic rings. The van der Waals surface area contributed by atoms with Crippen LogP contribution in [0.3, 0.4) is 0 Å². The summed E-state index contributed by atoms with van der Waals surface area (Å²) in [6.07, 6.45) is 1.89. The van der Waals surface area contributed by atoms with Crippen molar-refractivity contribution >= 4 is 6.09 Å². The van der Waals surface area contributed by atoms with Gasteiger partial charge in [-0.25, -0.2) is 4.79 Å². The highest BCUT2D eigenvalue weighted by atomic mass is 16.6. The lowest BCUT2D eigenvalue weighted by Gasteiger charge is -2.31. The van der Waals surface area contributed by atoms with E-state index in [-0.39, 0.29) is 6.09 Å². The molecule has 3 nitrogen and oxygen atoms in total. The van der Waals surface area contributed by atoms with Gasteiger partial charge in [0.1, 0.15) is 0 Å². The quantitative estimate of drug-likeness (QED) is 0.785. The lowest BCUT2D eigenvalue weighted by Crippen LogP contribution is -2.38. The predicted octanol–water partition coefficient (Wildman–Crippen LogP) is 3.02. The van der Waals surface area contributed by atoms with Gasteiger partial charge in [-0.3, -0.25) is 0 Å². The molecule has 1 aromatic rings. The lowest BCUT2D eigenvalue weighted by molar-refractivity contribution is 0.0971. The van der Waals surface area contributed by atoms with Crippen LogP contribution in [0.5, 0.6) is 0 Å². The molecule has 1 fully saturated rings. The predicted molar refractivity (Wildman–Crippen MR) is 67.0 cm³/mol. The fourth-order valence-corrected chi connectivity index (χ4v) is 2.34. The first kappa shape index (κ1) is 12.0. The van der Waals surface area contributed by atoms with Crippen molar-refractivity contribution in [2.45, 2.75) is 25.7 Å². The second-order valence-corrected chi connectivity index (χ2v) is 4.37. The Morgan fingerprint density at radius 2 is 1.94 bits per heavy atom. The van der Waals surface area contributed by atoms with Crippen molar-refractivity contribution in [3.05, 3.63) is 35.9 Å². The monoisotopic (exact) mass is 233 g/mol. The zero-order valence-electron chi connectivity index (χ0n) is 10.3. The van der Waals surface area contributed by atoms with Gasteiger partial charge in [-0.2, -0.15) is 0 Å². The van der Waals surface area contributed by atoms with Crippen LogP contribution in [0.25, 0.3) is 0 Å². The van der Waals surface area contributed by atoms with Crippen molar-refractivity contribution in [3.63, 3.8) is 0 Å². The van der Waals surface area contributed by atoms with Gasteiger partial charge in [0, 0.05) is 13.1 Å². The van der Waals surface area contributed by atoms with Crippen LogP contribution in [-0.4, -0.2) is 30.7 Å². The Kier molecular flexibility index (Phi) is 4.02. The molecule has 1 aliphatic heterocycles. The van der Waals surface area contributed by atoms with Crippen molar-refractivity contribution in [2.24, 2.45) is 0 Å². The Labute approximate surface area is 102 Å². The van der Waals surface area contributed by atoms with E-state index in [1.807, 2.05) is 17.9 Å². The molecule has 1 amide bonds. The van der Waals surface area contributed by atoms with E-state index in [0.717, 1.165) is 25.9 Å². The molecule has 92 valence electrons. The van der Waals surface area contributed by atoms with Gasteiger partial charge < -0.3 is 9.64 Å². The number of hydrogen-bond donors (Lipinski definition) is 0. The van der Waals surface area contributed by atoms with Crippen LogP contribution in [0, 0.1) is 0 Å². The lowest BCUT2D eigenvalue weighted by atomic mass is 9.90. The molecule has 1 aromatic carbocycles. The third-order valence-corrected chi connectivity index (χ3v) is 3.29. The summed E-state index contributed by atoms with van der Waals surface area (Å²) in [6, 6.07) is 10.5. The average molecular weight is 233 g/mol. The molecule has 0 saturated carbocycles. The third-order valence-electron chi connectivity index (χ3n) is 3.29. The number of ether oxygens (including phenoxy) is 1. The van der Waals surface area contributed by atoms with Crippen molar-refractivity contribution in [2.75, 3.05) is 19.7 Å². The Bertz CT molecular complexity index is 356. The number of carbonyl (C=O) groups is 1. The first-order valence-electron chi connectivity index (χ1n) is 6.28. The van der Waals surface area contributed by atoms with Crippen LogP contribution >= 0.6 is 0 Å². The second kappa shape index (κ2) is 5.71. The topological polar surface area (TPSA) is 29.5 Å². The number of carbonyl (C=O) groups excluding carboxylic acids is 1. The summed E-state index contributed by atoms with van der Waals surface area (Å²) < 4.78 is 5.01. The van der Waals surface area contributed by atoms with Crippen LogP contribution in [0.4, 0.5) is 4.79 Å². The third kappa shape index (κ3) is 2.99. The number of piperidine rings is 1. The average Bonchev–Trinajstić information content (AvgIpc) is 2.40. The molecule has 0 N–H and O–H groups in total. The van der Waals surface area contributed by atoms with Gasteiger partial charge in [-0.05, 0) is 31.2 Å². The highest BCUT2D eigenvalue weighted by Gasteiger charge is 2.24. The molecule has 0 spiro atoms. The number of likely N-dealkylation sites (tertiary alicyclic amines) is 1. The van der Waals surface area contributed by atoms with Gasteiger partial charge in [0.15, 0.2) is 0 Å². The normalized spacial score (nSPS) is 16.9. The van der Waals surface area contributed by atoms with Crippen molar-refractivity contribution in [1.29, 1.82) is 0 Å². The van der Waals surface area contributed by atoms with Gasteiger partial charge in [0.2, 0.25) is 0 Å². The molecule has 17 heavy (non-hydrogen) atoms. The number of amides is 1. The molecular formula is C14H19NO2. The van der Waals surface area contributed by atoms with E-state index in [2.05, 4.69) is 24.3 Å². The van der Waals surface area contributed by atoms with Crippen LogP contribution in [0.15, 0.2) is 30.3 Å². The molecule has 0 bridgehead atoms. The van der Waals surface area contributed by atoms with Crippen molar-refractivity contribution < 1.29 is 9.53 Å². The van der Waals surface area contributed by atoms with Gasteiger partial charge >= 0.3 is 6.09 Å². The van der Waals surface area contributed by atoms with E-state index in [4.69, 9.17) is 4.74 Å². The van der Waals surface area contributed by atoms with E-state index >= 15 is 0 Å². The zero-order valence-corrected chi connectivity index (χ0v) is 10.3. The van der Waals surface area contributed by atoms with Crippen LogP contribution in [0.2, 0.25) is 0 Å². The van der Waals surface area contributed by atoms with Gasteiger partial charge in [0.05, 0.1) is 6.61 Å². The maximum atomic E-state index is 11.5. The minimum atomic E-state index is -0.168. The first-order chi connectivity index (χ1) is 8.31. The largest absolute Gasteiger partial charge is 0.450 e. The summed E-state index contributed by atoms with van der Waals surface area (Å²) in [5.41, 5.74) is 1.39. The minimum Gasteiger partial charge on any atom is -0.450 e. The number of benzene rings is 1. The van der Waals surface area contributed by atoms with E-state index in [9.17, 15) is 4.79 Å². The maximum absolute atomic E-state index is 11.5. The summed E-state index contributed by atoms with van der Waals surface area (Å²) in [5, 5.41) is 0. The summed E-state index contributed by atoms with van der Waals surface area (Å²) >= 11 is 0. The molecule has 0 aliphatic carbocycles. The molecule has 0 aromatic heterocycles. The van der Waals surface area contributed by atoms with Gasteiger partial charge in [-0.1, -0.05) is 30.3 Å². The SMILES string of the molecule is CCOC(=O)N1CCC(c2ccccc2)CC1. The smallest absolute Gasteiger partial charge is 0.409 e. The molecule has 3 heteroatoms. The Hall–Kier alpha value is -1.51. The first-order valence-corrected chi connectivity index (χ1v) is 6.28. The molecule has 1 saturated heterocycles. The summed E-state index contributed by atoms with van der Waals surface area (Å²) in [5.74, 6) is 0.585. The number of rotatable bonds is 2. The van der Waals surface area contributed by atoms with Crippen molar-refractivity contribution in [3.8, 4) is 0 Å². The van der Waals surface area contributed by atoms with Gasteiger partial charge in [-0.15, -0.1) is 0 Å². The number of hydrogen-bond acceptors (Lipinski definition) is 2. The molecular weight excluding hydrogens is 214 g/mol. The maximum Gasteiger partial charge on any atom is 0.409 e. The van der Waals surface area contributed by atoms with Crippen LogP contribution in [-0.2, 0) is 4.74 Å². The Balaban J connectivity index is 1.88. The van der Waals surface area contributed by atoms with E-state index in [0.29, 0.717) is 12.5 Å². The molecule has 1 heterocycles. The molecule has 0 radical (unpaired) electrons. The molecule has 0 unspecified atom stereocenters. The van der Waals surface area contributed by atoms with Crippen LogP contribution in [0.1, 0.15) is 31.2 Å². The van der Waals surface area contributed by atoms with E-state index < -0.39 is 0 Å². The van der Waals surface area contributed by atoms with E-state index in [1.54, 1.807) is 0 Å². The summed E-state index contributed by atoms with van der Waals surface area (Å²) in [6.45, 7) is 3.91. The second-order valence-electron chi connectivity index (χ2n) is 4.37. The van der Waals surface area contributed by atoms with Crippen LogP contribution < -0.4 is 0 Å². The minimum absolute atomic E-state index is 0.168. The molecule has 0 atom stereocenters. The molecule has 2 rings (SSSR count). The fraction of sp³-hybridized carbons (Fsp3) is 0.500. The number of nitrogens with zero attached hydrogens (tertiary/aromatic N) is 1.